The van der Waals surface area contributed by atoms with Crippen molar-refractivity contribution in [3.63, 3.8) is 0 Å². The molecule has 0 aromatic carbocycles. The lowest BCUT2D eigenvalue weighted by Gasteiger charge is -2.07. The number of carbonyl (C=O) groups excluding carboxylic acids is 2. The lowest BCUT2D eigenvalue weighted by atomic mass is 10.3. The van der Waals surface area contributed by atoms with Crippen molar-refractivity contribution in [2.75, 3.05) is 5.75 Å². The molecule has 1 rings (SSSR count). The Morgan fingerprint density at radius 1 is 1.65 bits per heavy atom. The molecule has 0 aromatic rings. The van der Waals surface area contributed by atoms with E-state index < -0.39 is 11.9 Å². The van der Waals surface area contributed by atoms with Gasteiger partial charge in [-0.25, -0.2) is 0 Å². The third-order valence-electron chi connectivity index (χ3n) is 2.25. The average Bonchev–Trinajstić information content (AvgIpc) is 2.75. The van der Waals surface area contributed by atoms with Gasteiger partial charge in [-0.2, -0.15) is 0 Å². The topological polar surface area (TPSA) is 84.6 Å². The van der Waals surface area contributed by atoms with Gasteiger partial charge in [0.1, 0.15) is 11.1 Å². The minimum absolute atomic E-state index is 0.0357. The lowest BCUT2D eigenvalue weighted by molar-refractivity contribution is -0.120. The first-order valence-corrected chi connectivity index (χ1v) is 6.53. The summed E-state index contributed by atoms with van der Waals surface area (Å²) < 4.78 is 0. The molecule has 17 heavy (non-hydrogen) atoms. The number of nitrogens with two attached hydrogens (primary N) is 1. The first kappa shape index (κ1) is 13.8. The van der Waals surface area contributed by atoms with Gasteiger partial charge in [0, 0.05) is 12.2 Å². The summed E-state index contributed by atoms with van der Waals surface area (Å²) in [4.78, 5) is 26.6. The molecule has 1 aliphatic heterocycles. The predicted molar refractivity (Wildman–Crippen MR) is 69.7 cm³/mol. The van der Waals surface area contributed by atoms with Crippen molar-refractivity contribution in [1.82, 2.24) is 5.32 Å². The molecule has 0 aromatic heterocycles. The monoisotopic (exact) mass is 255 g/mol. The Bertz CT molecular complexity index is 377. The van der Waals surface area contributed by atoms with Crippen molar-refractivity contribution < 1.29 is 9.59 Å². The van der Waals surface area contributed by atoms with E-state index in [9.17, 15) is 9.59 Å². The molecule has 0 fully saturated rings. The molecule has 0 aliphatic carbocycles. The van der Waals surface area contributed by atoms with E-state index in [1.165, 1.54) is 11.8 Å². The van der Waals surface area contributed by atoms with Gasteiger partial charge < -0.3 is 11.1 Å². The van der Waals surface area contributed by atoms with Crippen molar-refractivity contribution in [3.05, 3.63) is 11.8 Å². The quantitative estimate of drug-likeness (QED) is 0.762. The summed E-state index contributed by atoms with van der Waals surface area (Å²) in [6.07, 6.45) is 3.06. The zero-order valence-electron chi connectivity index (χ0n) is 10.0. The highest BCUT2D eigenvalue weighted by molar-refractivity contribution is 8.14. The first-order valence-electron chi connectivity index (χ1n) is 5.55. The van der Waals surface area contributed by atoms with E-state index in [4.69, 9.17) is 5.73 Å². The fraction of sp³-hybridized carbons (Fsp3) is 0.545. The van der Waals surface area contributed by atoms with Crippen LogP contribution in [-0.2, 0) is 9.59 Å². The standard InChI is InChI=1S/C11H17N3O2S/c1-3-5-9(15)13-7(4-2)11-14-8(6-17-11)10(12)16/h4,8H,3,5-6H2,1-2H3,(H2,12,16)(H,13,15). The Morgan fingerprint density at radius 2 is 2.35 bits per heavy atom. The maximum Gasteiger partial charge on any atom is 0.243 e. The summed E-state index contributed by atoms with van der Waals surface area (Å²) in [6, 6.07) is -0.479. The van der Waals surface area contributed by atoms with E-state index >= 15 is 0 Å². The maximum absolute atomic E-state index is 11.5. The van der Waals surface area contributed by atoms with Crippen molar-refractivity contribution in [2.45, 2.75) is 32.7 Å². The summed E-state index contributed by atoms with van der Waals surface area (Å²) in [7, 11) is 0. The third-order valence-corrected chi connectivity index (χ3v) is 3.33. The Balaban J connectivity index is 2.67. The number of nitrogens with one attached hydrogen (secondary N) is 1. The van der Waals surface area contributed by atoms with Crippen LogP contribution in [0.5, 0.6) is 0 Å². The van der Waals surface area contributed by atoms with Crippen LogP contribution < -0.4 is 11.1 Å². The molecule has 6 heteroatoms. The predicted octanol–water partition coefficient (Wildman–Crippen LogP) is 0.806. The number of amides is 2. The fourth-order valence-electron chi connectivity index (χ4n) is 1.36. The summed E-state index contributed by atoms with van der Waals surface area (Å²) >= 11 is 1.44. The highest BCUT2D eigenvalue weighted by Crippen LogP contribution is 2.22. The Hall–Kier alpha value is -1.30. The van der Waals surface area contributed by atoms with Gasteiger partial charge in [0.05, 0.1) is 5.70 Å². The largest absolute Gasteiger partial charge is 0.368 e. The van der Waals surface area contributed by atoms with Crippen molar-refractivity contribution in [3.8, 4) is 0 Å². The van der Waals surface area contributed by atoms with Crippen molar-refractivity contribution >= 4 is 28.6 Å². The van der Waals surface area contributed by atoms with E-state index in [-0.39, 0.29) is 5.91 Å². The first-order chi connectivity index (χ1) is 8.08. The number of nitrogens with zero attached hydrogens (tertiary/aromatic N) is 1. The summed E-state index contributed by atoms with van der Waals surface area (Å²) in [6.45, 7) is 3.77. The second-order valence-electron chi connectivity index (χ2n) is 3.66. The zero-order valence-corrected chi connectivity index (χ0v) is 10.8. The van der Waals surface area contributed by atoms with Gasteiger partial charge in [0.15, 0.2) is 0 Å². The number of allylic oxidation sites excluding steroid dienone is 1. The molecule has 0 spiro atoms. The van der Waals surface area contributed by atoms with E-state index in [0.717, 1.165) is 6.42 Å². The molecule has 1 unspecified atom stereocenters. The molecule has 0 saturated heterocycles. The molecule has 5 nitrogen and oxygen atoms in total. The van der Waals surface area contributed by atoms with Crippen LogP contribution in [0, 0.1) is 0 Å². The molecular formula is C11H17N3O2S. The molecule has 94 valence electrons. The van der Waals surface area contributed by atoms with Crippen LogP contribution in [0.2, 0.25) is 0 Å². The molecule has 0 bridgehead atoms. The number of hydrogen-bond donors (Lipinski definition) is 2. The Labute approximate surface area is 105 Å². The highest BCUT2D eigenvalue weighted by Gasteiger charge is 2.25. The van der Waals surface area contributed by atoms with Crippen LogP contribution >= 0.6 is 11.8 Å². The van der Waals surface area contributed by atoms with E-state index in [1.807, 2.05) is 13.8 Å². The van der Waals surface area contributed by atoms with Crippen LogP contribution in [0.15, 0.2) is 16.8 Å². The van der Waals surface area contributed by atoms with Gasteiger partial charge in [0.2, 0.25) is 11.8 Å². The average molecular weight is 255 g/mol. The second kappa shape index (κ2) is 6.44. The Kier molecular flexibility index (Phi) is 5.21. The van der Waals surface area contributed by atoms with E-state index in [0.29, 0.717) is 22.9 Å². The molecule has 0 radical (unpaired) electrons. The lowest BCUT2D eigenvalue weighted by Crippen LogP contribution is -2.27. The van der Waals surface area contributed by atoms with Crippen LogP contribution in [-0.4, -0.2) is 28.7 Å². The van der Waals surface area contributed by atoms with Gasteiger partial charge >= 0.3 is 0 Å². The van der Waals surface area contributed by atoms with E-state index in [1.54, 1.807) is 6.08 Å². The number of rotatable bonds is 5. The molecule has 1 atom stereocenters. The second-order valence-corrected chi connectivity index (χ2v) is 4.67. The molecule has 0 saturated carbocycles. The minimum Gasteiger partial charge on any atom is -0.368 e. The van der Waals surface area contributed by atoms with Gasteiger partial charge in [-0.15, -0.1) is 11.8 Å². The SMILES string of the molecule is CC=C(NC(=O)CCC)C1=NC(C(N)=O)CS1. The minimum atomic E-state index is -0.479. The number of aliphatic imine (C=N–C) groups is 1. The number of carbonyl (C=O) groups is 2. The number of primary amides is 1. The molecule has 1 heterocycles. The normalized spacial score (nSPS) is 20.0. The fourth-order valence-corrected chi connectivity index (χ4v) is 2.44. The van der Waals surface area contributed by atoms with E-state index in [2.05, 4.69) is 10.3 Å². The Morgan fingerprint density at radius 3 is 2.82 bits per heavy atom. The van der Waals surface area contributed by atoms with Gasteiger partial charge in [0.25, 0.3) is 0 Å². The molecule has 2 amide bonds. The summed E-state index contributed by atoms with van der Waals surface area (Å²) in [5.41, 5.74) is 5.85. The molecule has 1 aliphatic rings. The third kappa shape index (κ3) is 3.89. The zero-order chi connectivity index (χ0) is 12.8. The maximum atomic E-state index is 11.5. The van der Waals surface area contributed by atoms with Gasteiger partial charge in [-0.1, -0.05) is 13.0 Å². The van der Waals surface area contributed by atoms with Gasteiger partial charge in [-0.3, -0.25) is 14.6 Å². The smallest absolute Gasteiger partial charge is 0.243 e. The number of hydrogen-bond acceptors (Lipinski definition) is 4. The number of thioether (sulfide) groups is 1. The summed E-state index contributed by atoms with van der Waals surface area (Å²) in [5.74, 6) is 0.0836. The molecular weight excluding hydrogens is 238 g/mol. The molecule has 3 N–H and O–H groups in total. The van der Waals surface area contributed by atoms with Crippen molar-refractivity contribution in [2.24, 2.45) is 10.7 Å². The van der Waals surface area contributed by atoms with Gasteiger partial charge in [-0.05, 0) is 13.3 Å². The van der Waals surface area contributed by atoms with Crippen LogP contribution in [0.4, 0.5) is 0 Å². The highest BCUT2D eigenvalue weighted by atomic mass is 32.2. The van der Waals surface area contributed by atoms with Crippen LogP contribution in [0.3, 0.4) is 0 Å². The van der Waals surface area contributed by atoms with Crippen LogP contribution in [0.1, 0.15) is 26.7 Å². The van der Waals surface area contributed by atoms with Crippen LogP contribution in [0.25, 0.3) is 0 Å². The summed E-state index contributed by atoms with van der Waals surface area (Å²) in [5, 5.41) is 3.47. The van der Waals surface area contributed by atoms with Crippen molar-refractivity contribution in [1.29, 1.82) is 0 Å².